The molecule has 1 unspecified atom stereocenters. The summed E-state index contributed by atoms with van der Waals surface area (Å²) in [5.41, 5.74) is 0. The molecule has 3 heteroatoms. The number of hydrogen-bond donors (Lipinski definition) is 1. The zero-order valence-electron chi connectivity index (χ0n) is 6.32. The molecule has 0 amide bonds. The van der Waals surface area contributed by atoms with Gasteiger partial charge in [-0.1, -0.05) is 0 Å². The first-order chi connectivity index (χ1) is 5.29. The highest BCUT2D eigenvalue weighted by Crippen LogP contribution is 2.49. The van der Waals surface area contributed by atoms with Crippen LogP contribution in [0.1, 0.15) is 19.3 Å². The van der Waals surface area contributed by atoms with Gasteiger partial charge in [0.1, 0.15) is 0 Å². The van der Waals surface area contributed by atoms with Crippen molar-refractivity contribution in [3.05, 3.63) is 0 Å². The van der Waals surface area contributed by atoms with Gasteiger partial charge in [-0.15, -0.1) is 0 Å². The van der Waals surface area contributed by atoms with E-state index in [2.05, 4.69) is 0 Å². The Bertz CT molecular complexity index is 175. The molecule has 1 aliphatic heterocycles. The number of carboxylic acid groups (broad SMARTS) is 1. The second-order valence-electron chi connectivity index (χ2n) is 3.40. The Hall–Kier alpha value is -0.180. The van der Waals surface area contributed by atoms with Crippen LogP contribution in [-0.4, -0.2) is 22.1 Å². The third-order valence-electron chi connectivity index (χ3n) is 2.60. The van der Waals surface area contributed by atoms with Crippen LogP contribution in [0.2, 0.25) is 0 Å². The Morgan fingerprint density at radius 3 is 2.82 bits per heavy atom. The normalized spacial score (nSPS) is 42.4. The van der Waals surface area contributed by atoms with Gasteiger partial charge in [0.05, 0.1) is 5.92 Å². The number of hydrogen-bond acceptors (Lipinski definition) is 2. The SMILES string of the molecule is O=C(O)[C@@H]1C[C@H]1C1CCCS1. The predicted octanol–water partition coefficient (Wildman–Crippen LogP) is 1.60. The minimum absolute atomic E-state index is 0.00519. The molecular formula is C8H12O2S. The average Bonchev–Trinajstić information content (AvgIpc) is 2.60. The van der Waals surface area contributed by atoms with Crippen molar-refractivity contribution in [1.29, 1.82) is 0 Å². The maximum Gasteiger partial charge on any atom is 0.306 e. The summed E-state index contributed by atoms with van der Waals surface area (Å²) >= 11 is 1.97. The first-order valence-electron chi connectivity index (χ1n) is 4.13. The highest BCUT2D eigenvalue weighted by molar-refractivity contribution is 8.00. The molecule has 0 bridgehead atoms. The lowest BCUT2D eigenvalue weighted by Crippen LogP contribution is -2.07. The third-order valence-corrected chi connectivity index (χ3v) is 4.14. The van der Waals surface area contributed by atoms with Crippen molar-refractivity contribution in [3.8, 4) is 0 Å². The van der Waals surface area contributed by atoms with Gasteiger partial charge in [-0.3, -0.25) is 4.79 Å². The molecule has 11 heavy (non-hydrogen) atoms. The van der Waals surface area contributed by atoms with E-state index in [1.165, 1.54) is 18.6 Å². The fraction of sp³-hybridized carbons (Fsp3) is 0.875. The van der Waals surface area contributed by atoms with Gasteiger partial charge in [-0.2, -0.15) is 11.8 Å². The molecular weight excluding hydrogens is 160 g/mol. The lowest BCUT2D eigenvalue weighted by atomic mass is 10.1. The average molecular weight is 172 g/mol. The van der Waals surface area contributed by atoms with Gasteiger partial charge >= 0.3 is 5.97 Å². The maximum absolute atomic E-state index is 10.5. The molecule has 1 saturated heterocycles. The van der Waals surface area contributed by atoms with Crippen LogP contribution >= 0.6 is 11.8 Å². The summed E-state index contributed by atoms with van der Waals surface area (Å²) in [6.07, 6.45) is 3.48. The maximum atomic E-state index is 10.5. The molecule has 1 N–H and O–H groups in total. The number of aliphatic carboxylic acids is 1. The molecule has 0 radical (unpaired) electrons. The summed E-state index contributed by atoms with van der Waals surface area (Å²) in [7, 11) is 0. The number of rotatable bonds is 2. The molecule has 0 aromatic rings. The minimum Gasteiger partial charge on any atom is -0.481 e. The van der Waals surface area contributed by atoms with Crippen LogP contribution in [0.4, 0.5) is 0 Å². The van der Waals surface area contributed by atoms with E-state index in [1.807, 2.05) is 11.8 Å². The molecule has 2 fully saturated rings. The topological polar surface area (TPSA) is 37.3 Å². The van der Waals surface area contributed by atoms with Crippen molar-refractivity contribution in [1.82, 2.24) is 0 Å². The first-order valence-corrected chi connectivity index (χ1v) is 5.18. The van der Waals surface area contributed by atoms with Crippen molar-refractivity contribution < 1.29 is 9.90 Å². The lowest BCUT2D eigenvalue weighted by molar-refractivity contribution is -0.138. The van der Waals surface area contributed by atoms with Gasteiger partial charge in [-0.25, -0.2) is 0 Å². The largest absolute Gasteiger partial charge is 0.481 e. The highest BCUT2D eigenvalue weighted by Gasteiger charge is 2.48. The Morgan fingerprint density at radius 1 is 1.55 bits per heavy atom. The van der Waals surface area contributed by atoms with E-state index in [0.717, 1.165) is 6.42 Å². The van der Waals surface area contributed by atoms with Crippen LogP contribution < -0.4 is 0 Å². The van der Waals surface area contributed by atoms with Crippen molar-refractivity contribution >= 4 is 17.7 Å². The van der Waals surface area contributed by atoms with Crippen molar-refractivity contribution in [2.45, 2.75) is 24.5 Å². The third kappa shape index (κ3) is 1.39. The molecule has 2 rings (SSSR count). The van der Waals surface area contributed by atoms with Crippen LogP contribution in [0.5, 0.6) is 0 Å². The highest BCUT2D eigenvalue weighted by atomic mass is 32.2. The van der Waals surface area contributed by atoms with Crippen LogP contribution in [0.3, 0.4) is 0 Å². The quantitative estimate of drug-likeness (QED) is 0.687. The lowest BCUT2D eigenvalue weighted by Gasteiger charge is -2.04. The van der Waals surface area contributed by atoms with E-state index in [-0.39, 0.29) is 5.92 Å². The van der Waals surface area contributed by atoms with Crippen LogP contribution in [0.25, 0.3) is 0 Å². The summed E-state index contributed by atoms with van der Waals surface area (Å²) in [5, 5.41) is 9.35. The van der Waals surface area contributed by atoms with Gasteiger partial charge < -0.3 is 5.11 Å². The van der Waals surface area contributed by atoms with E-state index in [4.69, 9.17) is 5.11 Å². The Labute approximate surface area is 70.4 Å². The minimum atomic E-state index is -0.581. The Morgan fingerprint density at radius 2 is 2.36 bits per heavy atom. The fourth-order valence-electron chi connectivity index (χ4n) is 1.85. The summed E-state index contributed by atoms with van der Waals surface area (Å²) in [6, 6.07) is 0. The van der Waals surface area contributed by atoms with Crippen LogP contribution in [0.15, 0.2) is 0 Å². The molecule has 1 heterocycles. The molecule has 2 aliphatic rings. The molecule has 1 aliphatic carbocycles. The van der Waals surface area contributed by atoms with Gasteiger partial charge in [-0.05, 0) is 30.9 Å². The number of carbonyl (C=O) groups is 1. The van der Waals surface area contributed by atoms with Crippen molar-refractivity contribution in [2.75, 3.05) is 5.75 Å². The zero-order valence-corrected chi connectivity index (χ0v) is 7.14. The second kappa shape index (κ2) is 2.70. The van der Waals surface area contributed by atoms with Crippen molar-refractivity contribution in [2.24, 2.45) is 11.8 Å². The molecule has 1 saturated carbocycles. The van der Waals surface area contributed by atoms with Gasteiger partial charge in [0.2, 0.25) is 0 Å². The van der Waals surface area contributed by atoms with E-state index >= 15 is 0 Å². The summed E-state index contributed by atoms with van der Waals surface area (Å²) in [5.74, 6) is 1.18. The molecule has 0 spiro atoms. The van der Waals surface area contributed by atoms with Gasteiger partial charge in [0.25, 0.3) is 0 Å². The summed E-state index contributed by atoms with van der Waals surface area (Å²) in [4.78, 5) is 10.5. The summed E-state index contributed by atoms with van der Waals surface area (Å²) < 4.78 is 0. The van der Waals surface area contributed by atoms with Crippen LogP contribution in [-0.2, 0) is 4.79 Å². The number of thioether (sulfide) groups is 1. The molecule has 2 nitrogen and oxygen atoms in total. The monoisotopic (exact) mass is 172 g/mol. The Kier molecular flexibility index (Phi) is 1.83. The van der Waals surface area contributed by atoms with Gasteiger partial charge in [0, 0.05) is 5.25 Å². The van der Waals surface area contributed by atoms with Gasteiger partial charge in [0.15, 0.2) is 0 Å². The molecule has 0 aromatic carbocycles. The summed E-state index contributed by atoms with van der Waals surface area (Å²) in [6.45, 7) is 0. The van der Waals surface area contributed by atoms with E-state index in [9.17, 15) is 4.79 Å². The van der Waals surface area contributed by atoms with Crippen LogP contribution in [0, 0.1) is 11.8 Å². The molecule has 62 valence electrons. The standard InChI is InChI=1S/C8H12O2S/c9-8(10)6-4-5(6)7-2-1-3-11-7/h5-7H,1-4H2,(H,9,10)/t5-,6-,7?/m1/s1. The Balaban J connectivity index is 1.85. The zero-order chi connectivity index (χ0) is 7.84. The molecule has 3 atom stereocenters. The first kappa shape index (κ1) is 7.47. The smallest absolute Gasteiger partial charge is 0.306 e. The second-order valence-corrected chi connectivity index (χ2v) is 4.74. The van der Waals surface area contributed by atoms with E-state index in [1.54, 1.807) is 0 Å². The fourth-order valence-corrected chi connectivity index (χ4v) is 3.37. The van der Waals surface area contributed by atoms with E-state index < -0.39 is 5.97 Å². The number of carboxylic acids is 1. The van der Waals surface area contributed by atoms with Crippen molar-refractivity contribution in [3.63, 3.8) is 0 Å². The predicted molar refractivity (Wildman–Crippen MR) is 44.7 cm³/mol. The van der Waals surface area contributed by atoms with E-state index in [0.29, 0.717) is 11.2 Å². The molecule has 0 aromatic heterocycles.